The summed E-state index contributed by atoms with van der Waals surface area (Å²) in [5, 5.41) is 4.36. The van der Waals surface area contributed by atoms with E-state index in [1.807, 2.05) is 19.9 Å². The van der Waals surface area contributed by atoms with E-state index in [4.69, 9.17) is 4.74 Å². The van der Waals surface area contributed by atoms with E-state index in [0.29, 0.717) is 11.6 Å². The summed E-state index contributed by atoms with van der Waals surface area (Å²) >= 11 is 0. The molecule has 0 radical (unpaired) electrons. The maximum absolute atomic E-state index is 13.8. The molecule has 0 saturated carbocycles. The van der Waals surface area contributed by atoms with Gasteiger partial charge < -0.3 is 4.74 Å². The van der Waals surface area contributed by atoms with Crippen LogP contribution in [-0.2, 0) is 10.0 Å². The first-order chi connectivity index (χ1) is 15.2. The molecule has 2 aromatic heterocycles. The molecule has 164 valence electrons. The molecule has 4 aromatic rings. The lowest BCUT2D eigenvalue weighted by Gasteiger charge is -2.11. The normalized spacial score (nSPS) is 11.4. The van der Waals surface area contributed by atoms with Gasteiger partial charge in [0.05, 0.1) is 5.69 Å². The van der Waals surface area contributed by atoms with Gasteiger partial charge in [0.25, 0.3) is 10.0 Å². The number of nitrogens with zero attached hydrogens (tertiary/aromatic N) is 4. The average Bonchev–Trinajstić information content (AvgIpc) is 3.07. The van der Waals surface area contributed by atoms with Gasteiger partial charge in [0.1, 0.15) is 23.7 Å². The van der Waals surface area contributed by atoms with E-state index in [9.17, 15) is 17.2 Å². The van der Waals surface area contributed by atoms with Crippen molar-refractivity contribution in [1.82, 2.24) is 19.7 Å². The minimum atomic E-state index is -4.46. The van der Waals surface area contributed by atoms with Crippen molar-refractivity contribution in [3.63, 3.8) is 0 Å². The molecule has 0 aliphatic rings. The van der Waals surface area contributed by atoms with Crippen LogP contribution in [0.1, 0.15) is 11.4 Å². The molecule has 1 N–H and O–H groups in total. The molecular formula is C21H17F2N5O3S. The van der Waals surface area contributed by atoms with E-state index in [2.05, 4.69) is 19.8 Å². The van der Waals surface area contributed by atoms with Crippen molar-refractivity contribution >= 4 is 15.7 Å². The van der Waals surface area contributed by atoms with E-state index in [1.54, 1.807) is 10.7 Å². The lowest BCUT2D eigenvalue weighted by molar-refractivity contribution is 0.460. The van der Waals surface area contributed by atoms with Crippen molar-refractivity contribution in [2.24, 2.45) is 0 Å². The van der Waals surface area contributed by atoms with Gasteiger partial charge in [0.2, 0.25) is 5.88 Å². The molecular weight excluding hydrogens is 440 g/mol. The van der Waals surface area contributed by atoms with Gasteiger partial charge in [-0.15, -0.1) is 0 Å². The Balaban J connectivity index is 1.51. The number of hydrogen-bond donors (Lipinski definition) is 1. The fourth-order valence-electron chi connectivity index (χ4n) is 3.02. The molecule has 0 saturated heterocycles. The van der Waals surface area contributed by atoms with Gasteiger partial charge in [-0.2, -0.15) is 5.10 Å². The quantitative estimate of drug-likeness (QED) is 0.467. The van der Waals surface area contributed by atoms with Gasteiger partial charge in [-0.3, -0.25) is 4.72 Å². The molecule has 2 heterocycles. The van der Waals surface area contributed by atoms with Crippen LogP contribution >= 0.6 is 0 Å². The summed E-state index contributed by atoms with van der Waals surface area (Å²) < 4.78 is 61.9. The number of anilines is 1. The van der Waals surface area contributed by atoms with Crippen LogP contribution in [0.25, 0.3) is 5.82 Å². The van der Waals surface area contributed by atoms with Crippen molar-refractivity contribution in [2.45, 2.75) is 18.7 Å². The molecule has 0 spiro atoms. The Kier molecular flexibility index (Phi) is 5.57. The first kappa shape index (κ1) is 21.4. The topological polar surface area (TPSA) is 99.0 Å². The zero-order valence-electron chi connectivity index (χ0n) is 17.0. The third-order valence-electron chi connectivity index (χ3n) is 4.37. The SMILES string of the molecule is Cc1cc(C)n(-c2cc(Oc3ccc(NS(=O)(=O)c4c(F)cccc4F)cc3)ncn2)n1. The highest BCUT2D eigenvalue weighted by Gasteiger charge is 2.23. The summed E-state index contributed by atoms with van der Waals surface area (Å²) in [6.45, 7) is 3.77. The number of nitrogens with one attached hydrogen (secondary N) is 1. The van der Waals surface area contributed by atoms with Gasteiger partial charge in [0, 0.05) is 17.4 Å². The molecule has 2 aromatic carbocycles. The standard InChI is InChI=1S/C21H17F2N5O3S/c1-13-10-14(2)28(26-13)19-11-20(25-12-24-19)31-16-8-6-15(7-9-16)27-32(29,30)21-17(22)4-3-5-18(21)23/h3-12,27H,1-2H3. The summed E-state index contributed by atoms with van der Waals surface area (Å²) in [4.78, 5) is 7.22. The molecule has 0 atom stereocenters. The number of aromatic nitrogens is 4. The molecule has 4 rings (SSSR count). The van der Waals surface area contributed by atoms with Crippen LogP contribution < -0.4 is 9.46 Å². The predicted molar refractivity (Wildman–Crippen MR) is 112 cm³/mol. The van der Waals surface area contributed by atoms with Crippen LogP contribution in [0, 0.1) is 25.5 Å². The number of benzene rings is 2. The minimum Gasteiger partial charge on any atom is -0.439 e. The summed E-state index contributed by atoms with van der Waals surface area (Å²) in [7, 11) is -4.46. The van der Waals surface area contributed by atoms with E-state index in [1.165, 1.54) is 30.6 Å². The second-order valence-electron chi connectivity index (χ2n) is 6.84. The Morgan fingerprint density at radius 2 is 1.66 bits per heavy atom. The van der Waals surface area contributed by atoms with Gasteiger partial charge in [-0.05, 0) is 56.3 Å². The zero-order chi connectivity index (χ0) is 22.9. The Bertz CT molecular complexity index is 1370. The number of rotatable bonds is 6. The minimum absolute atomic E-state index is 0.103. The summed E-state index contributed by atoms with van der Waals surface area (Å²) in [6.07, 6.45) is 1.34. The third-order valence-corrected chi connectivity index (χ3v) is 5.80. The zero-order valence-corrected chi connectivity index (χ0v) is 17.8. The number of aryl methyl sites for hydroxylation is 2. The lowest BCUT2D eigenvalue weighted by atomic mass is 10.3. The highest BCUT2D eigenvalue weighted by atomic mass is 32.2. The Hall–Kier alpha value is -3.86. The van der Waals surface area contributed by atoms with E-state index in [-0.39, 0.29) is 11.6 Å². The van der Waals surface area contributed by atoms with Crippen LogP contribution in [0.15, 0.2) is 65.8 Å². The first-order valence-electron chi connectivity index (χ1n) is 9.33. The third kappa shape index (κ3) is 4.42. The molecule has 8 nitrogen and oxygen atoms in total. The number of hydrogen-bond acceptors (Lipinski definition) is 6. The van der Waals surface area contributed by atoms with Gasteiger partial charge in [-0.1, -0.05) is 6.07 Å². The van der Waals surface area contributed by atoms with Gasteiger partial charge in [0.15, 0.2) is 10.7 Å². The van der Waals surface area contributed by atoms with Crippen LogP contribution in [-0.4, -0.2) is 28.2 Å². The summed E-state index contributed by atoms with van der Waals surface area (Å²) in [5.41, 5.74) is 1.85. The fourth-order valence-corrected chi connectivity index (χ4v) is 4.22. The average molecular weight is 457 g/mol. The van der Waals surface area contributed by atoms with Crippen molar-refractivity contribution < 1.29 is 21.9 Å². The first-order valence-corrected chi connectivity index (χ1v) is 10.8. The molecule has 0 unspecified atom stereocenters. The fraction of sp³-hybridized carbons (Fsp3) is 0.0952. The van der Waals surface area contributed by atoms with E-state index in [0.717, 1.165) is 29.6 Å². The van der Waals surface area contributed by atoms with E-state index >= 15 is 0 Å². The largest absolute Gasteiger partial charge is 0.439 e. The van der Waals surface area contributed by atoms with Gasteiger partial charge >= 0.3 is 0 Å². The van der Waals surface area contributed by atoms with E-state index < -0.39 is 26.6 Å². The van der Waals surface area contributed by atoms with Crippen LogP contribution in [0.5, 0.6) is 11.6 Å². The molecule has 32 heavy (non-hydrogen) atoms. The molecule has 0 bridgehead atoms. The maximum Gasteiger partial charge on any atom is 0.267 e. The molecule has 0 aliphatic carbocycles. The van der Waals surface area contributed by atoms with Crippen LogP contribution in [0.4, 0.5) is 14.5 Å². The highest BCUT2D eigenvalue weighted by molar-refractivity contribution is 7.92. The van der Waals surface area contributed by atoms with Crippen LogP contribution in [0.2, 0.25) is 0 Å². The van der Waals surface area contributed by atoms with Crippen LogP contribution in [0.3, 0.4) is 0 Å². The number of ether oxygens (including phenoxy) is 1. The summed E-state index contributed by atoms with van der Waals surface area (Å²) in [5.74, 6) is -1.22. The number of halogens is 2. The maximum atomic E-state index is 13.8. The van der Waals surface area contributed by atoms with Gasteiger partial charge in [-0.25, -0.2) is 31.8 Å². The Morgan fingerprint density at radius 3 is 2.28 bits per heavy atom. The monoisotopic (exact) mass is 457 g/mol. The molecule has 0 amide bonds. The van der Waals surface area contributed by atoms with Crippen molar-refractivity contribution in [3.8, 4) is 17.4 Å². The molecule has 0 fully saturated rings. The second kappa shape index (κ2) is 8.35. The Labute approximate surface area is 182 Å². The second-order valence-corrected chi connectivity index (χ2v) is 8.46. The Morgan fingerprint density at radius 1 is 0.969 bits per heavy atom. The molecule has 11 heteroatoms. The van der Waals surface area contributed by atoms with Crippen molar-refractivity contribution in [3.05, 3.63) is 83.9 Å². The molecule has 0 aliphatic heterocycles. The summed E-state index contributed by atoms with van der Waals surface area (Å²) in [6, 6.07) is 12.1. The lowest BCUT2D eigenvalue weighted by Crippen LogP contribution is -2.16. The van der Waals surface area contributed by atoms with Crippen molar-refractivity contribution in [1.29, 1.82) is 0 Å². The highest BCUT2D eigenvalue weighted by Crippen LogP contribution is 2.25. The smallest absolute Gasteiger partial charge is 0.267 e. The predicted octanol–water partition coefficient (Wildman–Crippen LogP) is 4.15. The number of sulfonamides is 1. The van der Waals surface area contributed by atoms with Crippen molar-refractivity contribution in [2.75, 3.05) is 4.72 Å².